The lowest BCUT2D eigenvalue weighted by Crippen LogP contribution is -1.76. The van der Waals surface area contributed by atoms with E-state index in [1.54, 1.807) is 0 Å². The SMILES string of the molecule is C(#Cc1[nH]nc2ccccc12)c1ccccc1.CC. The molecule has 0 amide bonds. The first-order chi connectivity index (χ1) is 9.43. The molecule has 0 aliphatic heterocycles. The molecule has 0 unspecified atom stereocenters. The van der Waals surface area contributed by atoms with E-state index in [2.05, 4.69) is 22.0 Å². The fourth-order valence-electron chi connectivity index (χ4n) is 1.71. The minimum Gasteiger partial charge on any atom is -0.269 e. The number of fused-ring (bicyclic) bond motifs is 1. The third kappa shape index (κ3) is 3.02. The van der Waals surface area contributed by atoms with Crippen LogP contribution < -0.4 is 0 Å². The van der Waals surface area contributed by atoms with Gasteiger partial charge in [-0.3, -0.25) is 5.10 Å². The maximum absolute atomic E-state index is 4.20. The largest absolute Gasteiger partial charge is 0.269 e. The van der Waals surface area contributed by atoms with E-state index in [4.69, 9.17) is 0 Å². The lowest BCUT2D eigenvalue weighted by molar-refractivity contribution is 1.10. The molecule has 0 atom stereocenters. The van der Waals surface area contributed by atoms with Crippen LogP contribution in [0.3, 0.4) is 0 Å². The lowest BCUT2D eigenvalue weighted by Gasteiger charge is -1.87. The molecule has 0 saturated heterocycles. The molecule has 0 aliphatic carbocycles. The molecule has 0 saturated carbocycles. The molecular formula is C17H16N2. The van der Waals surface area contributed by atoms with Gasteiger partial charge in [0.15, 0.2) is 0 Å². The first kappa shape index (κ1) is 12.9. The Balaban J connectivity index is 0.000000637. The zero-order valence-corrected chi connectivity index (χ0v) is 11.1. The number of H-pyrrole nitrogens is 1. The first-order valence-electron chi connectivity index (χ1n) is 6.44. The van der Waals surface area contributed by atoms with Crippen molar-refractivity contribution < 1.29 is 0 Å². The van der Waals surface area contributed by atoms with Crippen LogP contribution in [0.5, 0.6) is 0 Å². The van der Waals surface area contributed by atoms with Crippen LogP contribution in [0.25, 0.3) is 10.9 Å². The summed E-state index contributed by atoms with van der Waals surface area (Å²) in [6.07, 6.45) is 0. The fourth-order valence-corrected chi connectivity index (χ4v) is 1.71. The second-order valence-corrected chi connectivity index (χ2v) is 3.73. The van der Waals surface area contributed by atoms with Crippen LogP contribution in [0.15, 0.2) is 54.6 Å². The van der Waals surface area contributed by atoms with Gasteiger partial charge in [-0.05, 0) is 30.2 Å². The first-order valence-corrected chi connectivity index (χ1v) is 6.44. The Bertz CT molecular complexity index is 700. The molecule has 1 aromatic heterocycles. The smallest absolute Gasteiger partial charge is 0.116 e. The van der Waals surface area contributed by atoms with Gasteiger partial charge in [0.25, 0.3) is 0 Å². The van der Waals surface area contributed by atoms with Gasteiger partial charge in [-0.1, -0.05) is 50.1 Å². The highest BCUT2D eigenvalue weighted by Crippen LogP contribution is 2.13. The summed E-state index contributed by atoms with van der Waals surface area (Å²) in [7, 11) is 0. The van der Waals surface area contributed by atoms with Crippen molar-refractivity contribution in [2.24, 2.45) is 0 Å². The molecule has 94 valence electrons. The number of aromatic amines is 1. The van der Waals surface area contributed by atoms with E-state index < -0.39 is 0 Å². The van der Waals surface area contributed by atoms with Gasteiger partial charge in [0.05, 0.1) is 5.52 Å². The zero-order valence-electron chi connectivity index (χ0n) is 11.1. The Morgan fingerprint density at radius 2 is 1.53 bits per heavy atom. The summed E-state index contributed by atoms with van der Waals surface area (Å²) >= 11 is 0. The van der Waals surface area contributed by atoms with E-state index in [-0.39, 0.29) is 0 Å². The zero-order chi connectivity index (χ0) is 13.5. The molecule has 3 aromatic rings. The number of hydrogen-bond acceptors (Lipinski definition) is 1. The molecule has 0 spiro atoms. The van der Waals surface area contributed by atoms with Gasteiger partial charge in [-0.15, -0.1) is 0 Å². The average Bonchev–Trinajstić information content (AvgIpc) is 2.92. The van der Waals surface area contributed by atoms with Crippen molar-refractivity contribution >= 4 is 10.9 Å². The number of aromatic nitrogens is 2. The van der Waals surface area contributed by atoms with Gasteiger partial charge in [0.1, 0.15) is 5.69 Å². The van der Waals surface area contributed by atoms with Crippen LogP contribution in [0.2, 0.25) is 0 Å². The Morgan fingerprint density at radius 3 is 2.32 bits per heavy atom. The molecule has 0 fully saturated rings. The van der Waals surface area contributed by atoms with Crippen LogP contribution in [0, 0.1) is 11.8 Å². The minimum atomic E-state index is 0.865. The normalized spacial score (nSPS) is 9.16. The van der Waals surface area contributed by atoms with E-state index in [1.807, 2.05) is 68.4 Å². The monoisotopic (exact) mass is 248 g/mol. The van der Waals surface area contributed by atoms with Crippen molar-refractivity contribution in [3.05, 3.63) is 65.9 Å². The summed E-state index contributed by atoms with van der Waals surface area (Å²) in [5.74, 6) is 6.23. The minimum absolute atomic E-state index is 0.865. The van der Waals surface area contributed by atoms with E-state index in [1.165, 1.54) is 0 Å². The predicted octanol–water partition coefficient (Wildman–Crippen LogP) is 3.99. The Labute approximate surface area is 113 Å². The third-order valence-corrected chi connectivity index (χ3v) is 2.57. The maximum Gasteiger partial charge on any atom is 0.116 e. The maximum atomic E-state index is 4.20. The molecule has 1 N–H and O–H groups in total. The van der Waals surface area contributed by atoms with Crippen molar-refractivity contribution in [3.8, 4) is 11.8 Å². The van der Waals surface area contributed by atoms with Gasteiger partial charge in [0.2, 0.25) is 0 Å². The Hall–Kier alpha value is -2.53. The highest BCUT2D eigenvalue weighted by molar-refractivity contribution is 5.83. The van der Waals surface area contributed by atoms with Crippen molar-refractivity contribution in [1.82, 2.24) is 10.2 Å². The quantitative estimate of drug-likeness (QED) is 0.599. The number of para-hydroxylation sites is 1. The van der Waals surface area contributed by atoms with Crippen molar-refractivity contribution in [2.45, 2.75) is 13.8 Å². The van der Waals surface area contributed by atoms with E-state index >= 15 is 0 Å². The summed E-state index contributed by atoms with van der Waals surface area (Å²) in [4.78, 5) is 0. The third-order valence-electron chi connectivity index (χ3n) is 2.57. The number of hydrogen-bond donors (Lipinski definition) is 1. The summed E-state index contributed by atoms with van der Waals surface area (Å²) in [5, 5.41) is 8.23. The molecule has 1 heterocycles. The Kier molecular flexibility index (Phi) is 4.36. The number of nitrogens with one attached hydrogen (secondary N) is 1. The van der Waals surface area contributed by atoms with Crippen molar-refractivity contribution in [3.63, 3.8) is 0 Å². The summed E-state index contributed by atoms with van der Waals surface area (Å²) in [6, 6.07) is 17.9. The van der Waals surface area contributed by atoms with Gasteiger partial charge >= 0.3 is 0 Å². The molecule has 3 rings (SSSR count). The van der Waals surface area contributed by atoms with Crippen molar-refractivity contribution in [2.75, 3.05) is 0 Å². The number of benzene rings is 2. The molecule has 2 aromatic carbocycles. The molecule has 0 bridgehead atoms. The van der Waals surface area contributed by atoms with Gasteiger partial charge < -0.3 is 0 Å². The summed E-state index contributed by atoms with van der Waals surface area (Å²) in [6.45, 7) is 4.00. The van der Waals surface area contributed by atoms with Crippen LogP contribution >= 0.6 is 0 Å². The van der Waals surface area contributed by atoms with Crippen LogP contribution in [0.1, 0.15) is 25.1 Å². The second-order valence-electron chi connectivity index (χ2n) is 3.73. The van der Waals surface area contributed by atoms with Crippen LogP contribution in [0.4, 0.5) is 0 Å². The summed E-state index contributed by atoms with van der Waals surface area (Å²) < 4.78 is 0. The van der Waals surface area contributed by atoms with E-state index in [0.29, 0.717) is 0 Å². The number of rotatable bonds is 0. The number of nitrogens with zero attached hydrogens (tertiary/aromatic N) is 1. The van der Waals surface area contributed by atoms with Gasteiger partial charge in [-0.25, -0.2) is 0 Å². The van der Waals surface area contributed by atoms with Crippen LogP contribution in [-0.4, -0.2) is 10.2 Å². The molecule has 2 heteroatoms. The Morgan fingerprint density at radius 1 is 0.842 bits per heavy atom. The molecule has 19 heavy (non-hydrogen) atoms. The molecule has 0 aliphatic rings. The highest BCUT2D eigenvalue weighted by atomic mass is 15.1. The fraction of sp³-hybridized carbons (Fsp3) is 0.118. The molecular weight excluding hydrogens is 232 g/mol. The van der Waals surface area contributed by atoms with Gasteiger partial charge in [0, 0.05) is 10.9 Å². The van der Waals surface area contributed by atoms with Crippen LogP contribution in [-0.2, 0) is 0 Å². The molecule has 2 nitrogen and oxygen atoms in total. The lowest BCUT2D eigenvalue weighted by atomic mass is 10.2. The summed E-state index contributed by atoms with van der Waals surface area (Å²) in [5.41, 5.74) is 2.82. The van der Waals surface area contributed by atoms with E-state index in [0.717, 1.165) is 22.2 Å². The standard InChI is InChI=1S/C15H10N2.C2H6/c1-2-6-12(7-3-1)10-11-15-13-8-4-5-9-14(13)16-17-15;1-2/h1-9H,(H,16,17);1-2H3. The van der Waals surface area contributed by atoms with Gasteiger partial charge in [-0.2, -0.15) is 5.10 Å². The predicted molar refractivity (Wildman–Crippen MR) is 79.9 cm³/mol. The highest BCUT2D eigenvalue weighted by Gasteiger charge is 1.99. The topological polar surface area (TPSA) is 28.7 Å². The van der Waals surface area contributed by atoms with Crippen molar-refractivity contribution in [1.29, 1.82) is 0 Å². The second kappa shape index (κ2) is 6.42. The molecule has 0 radical (unpaired) electrons. The average molecular weight is 248 g/mol. The van der Waals surface area contributed by atoms with E-state index in [9.17, 15) is 0 Å².